The number of nitrogens with one attached hydrogen (secondary N) is 1. The molecule has 1 aromatic rings. The van der Waals surface area contributed by atoms with Crippen LogP contribution in [0.5, 0.6) is 0 Å². The van der Waals surface area contributed by atoms with Crippen molar-refractivity contribution in [2.45, 2.75) is 12.2 Å². The quantitative estimate of drug-likeness (QED) is 0.657. The van der Waals surface area contributed by atoms with Crippen LogP contribution < -0.4 is 10.5 Å². The van der Waals surface area contributed by atoms with Gasteiger partial charge in [0.25, 0.3) is 0 Å². The summed E-state index contributed by atoms with van der Waals surface area (Å²) in [5.41, 5.74) is 5.30. The number of anilines is 1. The zero-order valence-corrected chi connectivity index (χ0v) is 12.2. The van der Waals surface area contributed by atoms with E-state index in [0.29, 0.717) is 0 Å². The molecule has 0 amide bonds. The number of halogens is 3. The molecule has 0 aliphatic heterocycles. The summed E-state index contributed by atoms with van der Waals surface area (Å²) in [4.78, 5) is -0.179. The minimum Gasteiger partial charge on any atom is -0.392 e. The van der Waals surface area contributed by atoms with E-state index >= 15 is 0 Å². The smallest absolute Gasteiger partial charge is 0.241 e. The summed E-state index contributed by atoms with van der Waals surface area (Å²) < 4.78 is 38.9. The highest BCUT2D eigenvalue weighted by Gasteiger charge is 2.23. The van der Waals surface area contributed by atoms with Crippen molar-refractivity contribution in [1.82, 2.24) is 0 Å². The largest absolute Gasteiger partial charge is 0.392 e. The highest BCUT2D eigenvalue weighted by Crippen LogP contribution is 2.28. The monoisotopic (exact) mass is 330 g/mol. The van der Waals surface area contributed by atoms with E-state index in [9.17, 15) is 12.8 Å². The van der Waals surface area contributed by atoms with Gasteiger partial charge in [-0.15, -0.1) is 0 Å². The summed E-state index contributed by atoms with van der Waals surface area (Å²) in [6, 6.07) is 2.21. The molecule has 0 saturated heterocycles. The summed E-state index contributed by atoms with van der Waals surface area (Å²) in [5.74, 6) is -0.816. The van der Waals surface area contributed by atoms with Gasteiger partial charge in [-0.05, 0) is 19.1 Å². The van der Waals surface area contributed by atoms with Crippen LogP contribution in [0.2, 0.25) is 10.0 Å². The van der Waals surface area contributed by atoms with Gasteiger partial charge in [0.2, 0.25) is 10.0 Å². The Labute approximate surface area is 119 Å². The van der Waals surface area contributed by atoms with Crippen molar-refractivity contribution >= 4 is 56.1 Å². The summed E-state index contributed by atoms with van der Waals surface area (Å²) in [5, 5.41) is -1.65. The molecule has 1 rings (SSSR count). The molecule has 0 fully saturated rings. The lowest BCUT2D eigenvalue weighted by Gasteiger charge is -2.14. The first-order chi connectivity index (χ1) is 8.15. The zero-order valence-electron chi connectivity index (χ0n) is 9.08. The fourth-order valence-electron chi connectivity index (χ4n) is 1.02. The Bertz CT molecular complexity index is 569. The summed E-state index contributed by atoms with van der Waals surface area (Å²) >= 11 is 15.7. The molecule has 0 radical (unpaired) electrons. The van der Waals surface area contributed by atoms with Crippen molar-refractivity contribution in [2.75, 3.05) is 4.72 Å². The van der Waals surface area contributed by atoms with Crippen LogP contribution in [0, 0.1) is 5.82 Å². The molecule has 0 bridgehead atoms. The Hall–Kier alpha value is -0.630. The van der Waals surface area contributed by atoms with E-state index in [2.05, 4.69) is 16.9 Å². The van der Waals surface area contributed by atoms with Crippen LogP contribution in [0.4, 0.5) is 10.1 Å². The van der Waals surface area contributed by atoms with Gasteiger partial charge >= 0.3 is 0 Å². The Balaban J connectivity index is 3.09. The number of rotatable bonds is 4. The van der Waals surface area contributed by atoms with Crippen LogP contribution >= 0.6 is 35.4 Å². The predicted octanol–water partition coefficient (Wildman–Crippen LogP) is 2.55. The fourth-order valence-corrected chi connectivity index (χ4v) is 2.82. The molecule has 18 heavy (non-hydrogen) atoms. The highest BCUT2D eigenvalue weighted by atomic mass is 35.5. The van der Waals surface area contributed by atoms with Gasteiger partial charge in [0.15, 0.2) is 5.82 Å². The summed E-state index contributed by atoms with van der Waals surface area (Å²) in [7, 11) is -3.81. The third kappa shape index (κ3) is 3.44. The molecule has 3 N–H and O–H groups in total. The second-order valence-electron chi connectivity index (χ2n) is 3.45. The van der Waals surface area contributed by atoms with Gasteiger partial charge in [0.1, 0.15) is 5.25 Å². The molecule has 1 atom stereocenters. The average Bonchev–Trinajstić information content (AvgIpc) is 2.23. The van der Waals surface area contributed by atoms with Crippen LogP contribution in [0.15, 0.2) is 12.1 Å². The highest BCUT2D eigenvalue weighted by molar-refractivity contribution is 7.95. The minimum atomic E-state index is -3.81. The van der Waals surface area contributed by atoms with Gasteiger partial charge in [0.05, 0.1) is 20.7 Å². The molecule has 4 nitrogen and oxygen atoms in total. The molecular formula is C9H9Cl2FN2O2S2. The molecule has 0 aliphatic rings. The van der Waals surface area contributed by atoms with Crippen LogP contribution in [-0.4, -0.2) is 18.7 Å². The molecule has 1 aromatic carbocycles. The SMILES string of the molecule is CC(C(N)=S)S(=O)(=O)Nc1cc(Cl)c(F)c(Cl)c1. The van der Waals surface area contributed by atoms with Crippen LogP contribution in [-0.2, 0) is 10.0 Å². The summed E-state index contributed by atoms with van der Waals surface area (Å²) in [6.45, 7) is 1.33. The molecule has 9 heteroatoms. The van der Waals surface area contributed by atoms with E-state index in [1.807, 2.05) is 0 Å². The Morgan fingerprint density at radius 3 is 2.28 bits per heavy atom. The second kappa shape index (κ2) is 5.56. The average molecular weight is 331 g/mol. The Morgan fingerprint density at radius 2 is 1.89 bits per heavy atom. The molecule has 0 heterocycles. The number of hydrogen-bond donors (Lipinski definition) is 2. The number of benzene rings is 1. The zero-order chi connectivity index (χ0) is 14.1. The number of thiocarbonyl (C=S) groups is 1. The van der Waals surface area contributed by atoms with E-state index in [1.54, 1.807) is 0 Å². The molecule has 100 valence electrons. The van der Waals surface area contributed by atoms with Crippen molar-refractivity contribution < 1.29 is 12.8 Å². The van der Waals surface area contributed by atoms with Gasteiger partial charge in [-0.25, -0.2) is 12.8 Å². The van der Waals surface area contributed by atoms with Crippen molar-refractivity contribution in [3.8, 4) is 0 Å². The lowest BCUT2D eigenvalue weighted by atomic mass is 10.3. The van der Waals surface area contributed by atoms with E-state index in [1.165, 1.54) is 6.92 Å². The third-order valence-corrected chi connectivity index (χ3v) is 4.87. The van der Waals surface area contributed by atoms with Gasteiger partial charge < -0.3 is 5.73 Å². The van der Waals surface area contributed by atoms with Crippen LogP contribution in [0.1, 0.15) is 6.92 Å². The third-order valence-electron chi connectivity index (χ3n) is 2.11. The minimum absolute atomic E-state index is 0.0366. The lowest BCUT2D eigenvalue weighted by molar-refractivity contribution is 0.598. The van der Waals surface area contributed by atoms with Crippen molar-refractivity contribution in [2.24, 2.45) is 5.73 Å². The molecule has 0 spiro atoms. The molecule has 0 aromatic heterocycles. The predicted molar refractivity (Wildman–Crippen MR) is 75.2 cm³/mol. The number of hydrogen-bond acceptors (Lipinski definition) is 3. The van der Waals surface area contributed by atoms with E-state index in [-0.39, 0.29) is 20.7 Å². The van der Waals surface area contributed by atoms with Gasteiger partial charge in [-0.3, -0.25) is 4.72 Å². The standard InChI is InChI=1S/C9H9Cl2FN2O2S2/c1-4(9(13)17)18(15,16)14-5-2-6(10)8(12)7(11)3-5/h2-4,14H,1H3,(H2,13,17). The van der Waals surface area contributed by atoms with Crippen molar-refractivity contribution in [1.29, 1.82) is 0 Å². The molecule has 0 saturated carbocycles. The van der Waals surface area contributed by atoms with Crippen LogP contribution in [0.3, 0.4) is 0 Å². The topological polar surface area (TPSA) is 72.2 Å². The Morgan fingerprint density at radius 1 is 1.44 bits per heavy atom. The van der Waals surface area contributed by atoms with Crippen LogP contribution in [0.25, 0.3) is 0 Å². The van der Waals surface area contributed by atoms with E-state index in [4.69, 9.17) is 28.9 Å². The molecular weight excluding hydrogens is 322 g/mol. The molecule has 0 aliphatic carbocycles. The number of sulfonamides is 1. The second-order valence-corrected chi connectivity index (χ2v) is 6.73. The summed E-state index contributed by atoms with van der Waals surface area (Å²) in [6.07, 6.45) is 0. The van der Waals surface area contributed by atoms with E-state index in [0.717, 1.165) is 12.1 Å². The van der Waals surface area contributed by atoms with Crippen molar-refractivity contribution in [3.63, 3.8) is 0 Å². The van der Waals surface area contributed by atoms with Crippen molar-refractivity contribution in [3.05, 3.63) is 28.0 Å². The van der Waals surface area contributed by atoms with E-state index < -0.39 is 21.1 Å². The normalized spacial score (nSPS) is 13.1. The number of nitrogens with two attached hydrogens (primary N) is 1. The van der Waals surface area contributed by atoms with Gasteiger partial charge in [0, 0.05) is 0 Å². The maximum absolute atomic E-state index is 13.1. The maximum atomic E-state index is 13.1. The lowest BCUT2D eigenvalue weighted by Crippen LogP contribution is -2.35. The first-order valence-electron chi connectivity index (χ1n) is 4.60. The first kappa shape index (κ1) is 15.4. The first-order valence-corrected chi connectivity index (χ1v) is 7.31. The fraction of sp³-hybridized carbons (Fsp3) is 0.222. The molecule has 1 unspecified atom stereocenters. The van der Waals surface area contributed by atoms with Gasteiger partial charge in [-0.2, -0.15) is 0 Å². The maximum Gasteiger partial charge on any atom is 0.241 e. The Kier molecular flexibility index (Phi) is 4.77. The van der Waals surface area contributed by atoms with Gasteiger partial charge in [-0.1, -0.05) is 35.4 Å².